The van der Waals surface area contributed by atoms with Gasteiger partial charge in [-0.3, -0.25) is 0 Å². The molecular formula is C15H19N3O. The summed E-state index contributed by atoms with van der Waals surface area (Å²) in [5.41, 5.74) is 8.68. The lowest BCUT2D eigenvalue weighted by molar-refractivity contribution is 0.341. The van der Waals surface area contributed by atoms with Crippen LogP contribution in [0.15, 0.2) is 24.3 Å². The van der Waals surface area contributed by atoms with Crippen LogP contribution in [0.1, 0.15) is 25.2 Å². The van der Waals surface area contributed by atoms with Crippen LogP contribution in [0.4, 0.5) is 5.82 Å². The van der Waals surface area contributed by atoms with Crippen molar-refractivity contribution in [1.82, 2.24) is 9.97 Å². The number of rotatable bonds is 4. The number of aromatic nitrogens is 2. The highest BCUT2D eigenvalue weighted by molar-refractivity contribution is 5.72. The standard InChI is InChI=1S/C15H19N3O/c1-4-13-17-14(10(3)15(16)18-13)11-8-6-7-9-12(11)19-5-2/h6-9H,4-5H2,1-3H3,(H2,16,17,18). The van der Waals surface area contributed by atoms with E-state index in [0.717, 1.165) is 34.8 Å². The second kappa shape index (κ2) is 5.69. The molecule has 0 amide bonds. The fourth-order valence-electron chi connectivity index (χ4n) is 1.95. The average Bonchev–Trinajstić information content (AvgIpc) is 2.43. The van der Waals surface area contributed by atoms with E-state index < -0.39 is 0 Å². The Labute approximate surface area is 113 Å². The molecule has 1 aromatic heterocycles. The molecule has 0 aliphatic heterocycles. The van der Waals surface area contributed by atoms with Crippen LogP contribution in [0.5, 0.6) is 5.75 Å². The lowest BCUT2D eigenvalue weighted by atomic mass is 10.1. The molecule has 19 heavy (non-hydrogen) atoms. The largest absolute Gasteiger partial charge is 0.493 e. The SMILES string of the molecule is CCOc1ccccc1-c1nc(CC)nc(N)c1C. The molecular weight excluding hydrogens is 238 g/mol. The number of hydrogen-bond donors (Lipinski definition) is 1. The van der Waals surface area contributed by atoms with Gasteiger partial charge in [0.05, 0.1) is 12.3 Å². The van der Waals surface area contributed by atoms with Crippen molar-refractivity contribution in [2.24, 2.45) is 0 Å². The van der Waals surface area contributed by atoms with Crippen LogP contribution in [-0.4, -0.2) is 16.6 Å². The van der Waals surface area contributed by atoms with Gasteiger partial charge in [-0.05, 0) is 26.0 Å². The van der Waals surface area contributed by atoms with Crippen LogP contribution in [0.2, 0.25) is 0 Å². The third kappa shape index (κ3) is 2.67. The van der Waals surface area contributed by atoms with Gasteiger partial charge in [0, 0.05) is 17.5 Å². The number of para-hydroxylation sites is 1. The number of nitrogens with two attached hydrogens (primary N) is 1. The Kier molecular flexibility index (Phi) is 4.00. The minimum absolute atomic E-state index is 0.535. The number of ether oxygens (including phenoxy) is 1. The molecule has 4 heteroatoms. The second-order valence-corrected chi connectivity index (χ2v) is 4.28. The van der Waals surface area contributed by atoms with Crippen molar-refractivity contribution in [3.63, 3.8) is 0 Å². The van der Waals surface area contributed by atoms with Gasteiger partial charge in [-0.15, -0.1) is 0 Å². The molecule has 0 aliphatic carbocycles. The van der Waals surface area contributed by atoms with Gasteiger partial charge in [0.15, 0.2) is 0 Å². The van der Waals surface area contributed by atoms with Gasteiger partial charge < -0.3 is 10.5 Å². The Hall–Kier alpha value is -2.10. The van der Waals surface area contributed by atoms with Crippen molar-refractivity contribution in [1.29, 1.82) is 0 Å². The summed E-state index contributed by atoms with van der Waals surface area (Å²) in [6, 6.07) is 7.87. The Morgan fingerprint density at radius 1 is 1.16 bits per heavy atom. The van der Waals surface area contributed by atoms with Crippen LogP contribution >= 0.6 is 0 Å². The zero-order valence-corrected chi connectivity index (χ0v) is 11.6. The molecule has 0 atom stereocenters. The number of nitrogen functional groups attached to an aromatic ring is 1. The number of anilines is 1. The zero-order valence-electron chi connectivity index (χ0n) is 11.6. The molecule has 0 radical (unpaired) electrons. The molecule has 2 N–H and O–H groups in total. The van der Waals surface area contributed by atoms with Crippen LogP contribution < -0.4 is 10.5 Å². The maximum atomic E-state index is 5.97. The molecule has 0 fully saturated rings. The Morgan fingerprint density at radius 3 is 2.58 bits per heavy atom. The van der Waals surface area contributed by atoms with Gasteiger partial charge in [0.2, 0.25) is 0 Å². The van der Waals surface area contributed by atoms with E-state index in [2.05, 4.69) is 9.97 Å². The average molecular weight is 257 g/mol. The van der Waals surface area contributed by atoms with Gasteiger partial charge in [0.1, 0.15) is 17.4 Å². The van der Waals surface area contributed by atoms with Crippen molar-refractivity contribution in [2.75, 3.05) is 12.3 Å². The number of aryl methyl sites for hydroxylation is 1. The van der Waals surface area contributed by atoms with E-state index in [1.807, 2.05) is 45.0 Å². The topological polar surface area (TPSA) is 61.0 Å². The van der Waals surface area contributed by atoms with E-state index in [-0.39, 0.29) is 0 Å². The fourth-order valence-corrected chi connectivity index (χ4v) is 1.95. The van der Waals surface area contributed by atoms with Gasteiger partial charge in [-0.25, -0.2) is 9.97 Å². The molecule has 0 bridgehead atoms. The number of benzene rings is 1. The van der Waals surface area contributed by atoms with E-state index in [1.54, 1.807) is 0 Å². The summed E-state index contributed by atoms with van der Waals surface area (Å²) in [6.45, 7) is 6.54. The summed E-state index contributed by atoms with van der Waals surface area (Å²) in [5.74, 6) is 2.12. The predicted molar refractivity (Wildman–Crippen MR) is 77.2 cm³/mol. The Morgan fingerprint density at radius 2 is 1.89 bits per heavy atom. The lowest BCUT2D eigenvalue weighted by Crippen LogP contribution is -2.05. The molecule has 2 rings (SSSR count). The molecule has 1 heterocycles. The summed E-state index contributed by atoms with van der Waals surface area (Å²) in [7, 11) is 0. The van der Waals surface area contributed by atoms with Gasteiger partial charge in [-0.2, -0.15) is 0 Å². The van der Waals surface area contributed by atoms with Gasteiger partial charge in [0.25, 0.3) is 0 Å². The summed E-state index contributed by atoms with van der Waals surface area (Å²) in [6.07, 6.45) is 0.758. The zero-order chi connectivity index (χ0) is 13.8. The maximum absolute atomic E-state index is 5.97. The summed E-state index contributed by atoms with van der Waals surface area (Å²) >= 11 is 0. The number of hydrogen-bond acceptors (Lipinski definition) is 4. The summed E-state index contributed by atoms with van der Waals surface area (Å²) in [4.78, 5) is 8.87. The molecule has 0 saturated heterocycles. The highest BCUT2D eigenvalue weighted by Crippen LogP contribution is 2.32. The van der Waals surface area contributed by atoms with Gasteiger partial charge >= 0.3 is 0 Å². The highest BCUT2D eigenvalue weighted by atomic mass is 16.5. The van der Waals surface area contributed by atoms with Gasteiger partial charge in [-0.1, -0.05) is 19.1 Å². The molecule has 0 aliphatic rings. The predicted octanol–water partition coefficient (Wildman–Crippen LogP) is 3.00. The van der Waals surface area contributed by atoms with Crippen LogP contribution in [0.25, 0.3) is 11.3 Å². The van der Waals surface area contributed by atoms with Crippen molar-refractivity contribution in [2.45, 2.75) is 27.2 Å². The summed E-state index contributed by atoms with van der Waals surface area (Å²) in [5, 5.41) is 0. The smallest absolute Gasteiger partial charge is 0.131 e. The lowest BCUT2D eigenvalue weighted by Gasteiger charge is -2.13. The molecule has 4 nitrogen and oxygen atoms in total. The normalized spacial score (nSPS) is 10.5. The summed E-state index contributed by atoms with van der Waals surface area (Å²) < 4.78 is 5.66. The molecule has 100 valence electrons. The third-order valence-electron chi connectivity index (χ3n) is 2.99. The first-order valence-electron chi connectivity index (χ1n) is 6.52. The Balaban J connectivity index is 2.61. The van der Waals surface area contributed by atoms with E-state index in [1.165, 1.54) is 0 Å². The number of nitrogens with zero attached hydrogens (tertiary/aromatic N) is 2. The van der Waals surface area contributed by atoms with Crippen molar-refractivity contribution >= 4 is 5.82 Å². The first kappa shape index (κ1) is 13.3. The van der Waals surface area contributed by atoms with Crippen LogP contribution in [0, 0.1) is 6.92 Å². The third-order valence-corrected chi connectivity index (χ3v) is 2.99. The van der Waals surface area contributed by atoms with Crippen molar-refractivity contribution in [3.05, 3.63) is 35.7 Å². The quantitative estimate of drug-likeness (QED) is 0.914. The first-order valence-corrected chi connectivity index (χ1v) is 6.52. The fraction of sp³-hybridized carbons (Fsp3) is 0.333. The monoisotopic (exact) mass is 257 g/mol. The van der Waals surface area contributed by atoms with Crippen LogP contribution in [-0.2, 0) is 6.42 Å². The first-order chi connectivity index (χ1) is 9.17. The minimum atomic E-state index is 0.535. The maximum Gasteiger partial charge on any atom is 0.131 e. The van der Waals surface area contributed by atoms with Crippen molar-refractivity contribution in [3.8, 4) is 17.0 Å². The Bertz CT molecular complexity index is 582. The van der Waals surface area contributed by atoms with Crippen LogP contribution in [0.3, 0.4) is 0 Å². The molecule has 0 unspecified atom stereocenters. The molecule has 0 spiro atoms. The minimum Gasteiger partial charge on any atom is -0.493 e. The molecule has 0 saturated carbocycles. The van der Waals surface area contributed by atoms with E-state index in [0.29, 0.717) is 12.4 Å². The van der Waals surface area contributed by atoms with E-state index in [9.17, 15) is 0 Å². The van der Waals surface area contributed by atoms with E-state index in [4.69, 9.17) is 10.5 Å². The molecule has 2 aromatic rings. The van der Waals surface area contributed by atoms with Crippen molar-refractivity contribution < 1.29 is 4.74 Å². The molecule has 1 aromatic carbocycles. The second-order valence-electron chi connectivity index (χ2n) is 4.28. The van der Waals surface area contributed by atoms with E-state index >= 15 is 0 Å². The highest BCUT2D eigenvalue weighted by Gasteiger charge is 2.13.